The van der Waals surface area contributed by atoms with Crippen LogP contribution in [0.2, 0.25) is 0 Å². The lowest BCUT2D eigenvalue weighted by Crippen LogP contribution is -2.45. The maximum Gasteiger partial charge on any atom is 0.251 e. The molecule has 1 aliphatic rings. The first kappa shape index (κ1) is 14.5. The van der Waals surface area contributed by atoms with Gasteiger partial charge < -0.3 is 15.4 Å². The van der Waals surface area contributed by atoms with Gasteiger partial charge in [0.25, 0.3) is 5.91 Å². The molecule has 0 saturated heterocycles. The fraction of sp³-hybridized carbons (Fsp3) is 0.467. The Morgan fingerprint density at radius 1 is 1.20 bits per heavy atom. The molecule has 0 aliphatic carbocycles. The number of hydrogen-bond donors (Lipinski definition) is 2. The monoisotopic (exact) mass is 276 g/mol. The Kier molecular flexibility index (Phi) is 4.09. The summed E-state index contributed by atoms with van der Waals surface area (Å²) in [6.07, 6.45) is 0. The van der Waals surface area contributed by atoms with E-state index in [0.717, 1.165) is 11.1 Å². The fourth-order valence-corrected chi connectivity index (χ4v) is 2.04. The minimum atomic E-state index is -0.299. The van der Waals surface area contributed by atoms with E-state index in [1.807, 2.05) is 32.9 Å². The van der Waals surface area contributed by atoms with Gasteiger partial charge in [-0.2, -0.15) is 0 Å². The van der Waals surface area contributed by atoms with E-state index in [1.54, 1.807) is 6.07 Å². The highest BCUT2D eigenvalue weighted by molar-refractivity contribution is 5.96. The zero-order valence-corrected chi connectivity index (χ0v) is 12.1. The Morgan fingerprint density at radius 3 is 2.60 bits per heavy atom. The summed E-state index contributed by atoms with van der Waals surface area (Å²) >= 11 is 0. The molecule has 1 aliphatic heterocycles. The molecule has 5 nitrogen and oxygen atoms in total. The SMILES string of the molecule is CC(C)(C)NC(=O)CNC(=O)c1ccc2c(c1)COC2. The molecule has 20 heavy (non-hydrogen) atoms. The normalized spacial score (nSPS) is 13.8. The highest BCUT2D eigenvalue weighted by Gasteiger charge is 2.16. The van der Waals surface area contributed by atoms with Crippen LogP contribution in [0.15, 0.2) is 18.2 Å². The fourth-order valence-electron chi connectivity index (χ4n) is 2.04. The quantitative estimate of drug-likeness (QED) is 0.876. The third-order valence-electron chi connectivity index (χ3n) is 2.91. The van der Waals surface area contributed by atoms with Crippen molar-refractivity contribution in [2.24, 2.45) is 0 Å². The number of carbonyl (C=O) groups excluding carboxylic acids is 2. The van der Waals surface area contributed by atoms with Crippen molar-refractivity contribution in [1.29, 1.82) is 0 Å². The number of fused-ring (bicyclic) bond motifs is 1. The summed E-state index contributed by atoms with van der Waals surface area (Å²) in [6, 6.07) is 5.47. The van der Waals surface area contributed by atoms with Gasteiger partial charge in [-0.3, -0.25) is 9.59 Å². The predicted molar refractivity (Wildman–Crippen MR) is 75.2 cm³/mol. The van der Waals surface area contributed by atoms with Gasteiger partial charge >= 0.3 is 0 Å². The summed E-state index contributed by atoms with van der Waals surface area (Å²) in [5.74, 6) is -0.445. The molecular weight excluding hydrogens is 256 g/mol. The molecule has 2 N–H and O–H groups in total. The molecule has 1 aromatic rings. The molecule has 0 radical (unpaired) electrons. The molecule has 108 valence electrons. The molecule has 0 bridgehead atoms. The summed E-state index contributed by atoms with van der Waals surface area (Å²) in [4.78, 5) is 23.6. The summed E-state index contributed by atoms with van der Waals surface area (Å²) in [5.41, 5.74) is 2.41. The number of carbonyl (C=O) groups is 2. The molecule has 2 amide bonds. The van der Waals surface area contributed by atoms with Gasteiger partial charge in [-0.1, -0.05) is 6.07 Å². The van der Waals surface area contributed by atoms with Crippen LogP contribution in [0.3, 0.4) is 0 Å². The molecule has 0 saturated carbocycles. The average Bonchev–Trinajstić information content (AvgIpc) is 2.80. The first-order chi connectivity index (χ1) is 9.35. The molecule has 0 spiro atoms. The third-order valence-corrected chi connectivity index (χ3v) is 2.91. The van der Waals surface area contributed by atoms with E-state index in [4.69, 9.17) is 4.74 Å². The van der Waals surface area contributed by atoms with Gasteiger partial charge in [0.2, 0.25) is 5.91 Å². The lowest BCUT2D eigenvalue weighted by molar-refractivity contribution is -0.121. The Hall–Kier alpha value is -1.88. The standard InChI is InChI=1S/C15H20N2O3/c1-15(2,3)17-13(18)7-16-14(19)10-4-5-11-8-20-9-12(11)6-10/h4-6H,7-9H2,1-3H3,(H,16,19)(H,17,18). The number of hydrogen-bond acceptors (Lipinski definition) is 3. The van der Waals surface area contributed by atoms with Crippen molar-refractivity contribution in [3.8, 4) is 0 Å². The first-order valence-corrected chi connectivity index (χ1v) is 6.64. The van der Waals surface area contributed by atoms with Crippen molar-refractivity contribution in [3.63, 3.8) is 0 Å². The van der Waals surface area contributed by atoms with Crippen LogP contribution < -0.4 is 10.6 Å². The molecular formula is C15H20N2O3. The van der Waals surface area contributed by atoms with Crippen molar-refractivity contribution >= 4 is 11.8 Å². The lowest BCUT2D eigenvalue weighted by atomic mass is 10.1. The molecule has 0 fully saturated rings. The van der Waals surface area contributed by atoms with Gasteiger partial charge in [0.1, 0.15) is 0 Å². The Labute approximate surface area is 118 Å². The number of ether oxygens (including phenoxy) is 1. The van der Waals surface area contributed by atoms with E-state index in [1.165, 1.54) is 0 Å². The topological polar surface area (TPSA) is 67.4 Å². The van der Waals surface area contributed by atoms with E-state index >= 15 is 0 Å². The van der Waals surface area contributed by atoms with Gasteiger partial charge in [-0.25, -0.2) is 0 Å². The summed E-state index contributed by atoms with van der Waals surface area (Å²) in [5, 5.41) is 5.41. The van der Waals surface area contributed by atoms with Crippen molar-refractivity contribution in [2.75, 3.05) is 6.54 Å². The van der Waals surface area contributed by atoms with Crippen LogP contribution in [0.1, 0.15) is 42.3 Å². The predicted octanol–water partition coefficient (Wildman–Crippen LogP) is 1.36. The van der Waals surface area contributed by atoms with E-state index in [-0.39, 0.29) is 23.9 Å². The largest absolute Gasteiger partial charge is 0.372 e. The highest BCUT2D eigenvalue weighted by atomic mass is 16.5. The van der Waals surface area contributed by atoms with Crippen molar-refractivity contribution in [3.05, 3.63) is 34.9 Å². The molecule has 2 rings (SSSR count). The van der Waals surface area contributed by atoms with E-state index in [0.29, 0.717) is 18.8 Å². The second kappa shape index (κ2) is 5.63. The minimum absolute atomic E-state index is 0.0241. The lowest BCUT2D eigenvalue weighted by Gasteiger charge is -2.20. The van der Waals surface area contributed by atoms with Crippen molar-refractivity contribution in [2.45, 2.75) is 39.5 Å². The van der Waals surface area contributed by atoms with Crippen LogP contribution in [0, 0.1) is 0 Å². The molecule has 0 aromatic heterocycles. The average molecular weight is 276 g/mol. The number of nitrogens with one attached hydrogen (secondary N) is 2. The van der Waals surface area contributed by atoms with Crippen LogP contribution >= 0.6 is 0 Å². The van der Waals surface area contributed by atoms with E-state index in [9.17, 15) is 9.59 Å². The third kappa shape index (κ3) is 3.81. The maximum atomic E-state index is 12.0. The second-order valence-corrected chi connectivity index (χ2v) is 5.96. The van der Waals surface area contributed by atoms with Crippen LogP contribution in [0.25, 0.3) is 0 Å². The smallest absolute Gasteiger partial charge is 0.251 e. The van der Waals surface area contributed by atoms with Gasteiger partial charge in [-0.15, -0.1) is 0 Å². The molecule has 0 unspecified atom stereocenters. The Morgan fingerprint density at radius 2 is 1.90 bits per heavy atom. The first-order valence-electron chi connectivity index (χ1n) is 6.64. The van der Waals surface area contributed by atoms with Gasteiger partial charge in [-0.05, 0) is 44.0 Å². The molecule has 5 heteroatoms. The Bertz CT molecular complexity index is 532. The van der Waals surface area contributed by atoms with Crippen LogP contribution in [0.5, 0.6) is 0 Å². The van der Waals surface area contributed by atoms with Gasteiger partial charge in [0.05, 0.1) is 19.8 Å². The van der Waals surface area contributed by atoms with E-state index in [2.05, 4.69) is 10.6 Å². The van der Waals surface area contributed by atoms with E-state index < -0.39 is 0 Å². The van der Waals surface area contributed by atoms with Crippen LogP contribution in [-0.2, 0) is 22.7 Å². The molecule has 1 heterocycles. The second-order valence-electron chi connectivity index (χ2n) is 5.96. The highest BCUT2D eigenvalue weighted by Crippen LogP contribution is 2.20. The van der Waals surface area contributed by atoms with Crippen molar-refractivity contribution < 1.29 is 14.3 Å². The minimum Gasteiger partial charge on any atom is -0.372 e. The summed E-state index contributed by atoms with van der Waals surface area (Å²) < 4.78 is 5.31. The zero-order chi connectivity index (χ0) is 14.8. The maximum absolute atomic E-state index is 12.0. The molecule has 0 atom stereocenters. The van der Waals surface area contributed by atoms with Crippen LogP contribution in [0.4, 0.5) is 0 Å². The number of benzene rings is 1. The number of amides is 2. The zero-order valence-electron chi connectivity index (χ0n) is 12.1. The summed E-state index contributed by atoms with van der Waals surface area (Å²) in [7, 11) is 0. The van der Waals surface area contributed by atoms with Crippen molar-refractivity contribution in [1.82, 2.24) is 10.6 Å². The number of rotatable bonds is 3. The Balaban J connectivity index is 1.91. The van der Waals surface area contributed by atoms with Crippen LogP contribution in [-0.4, -0.2) is 23.9 Å². The van der Waals surface area contributed by atoms with Gasteiger partial charge in [0.15, 0.2) is 0 Å². The molecule has 1 aromatic carbocycles. The van der Waals surface area contributed by atoms with Gasteiger partial charge in [0, 0.05) is 11.1 Å². The summed E-state index contributed by atoms with van der Waals surface area (Å²) in [6.45, 7) is 6.81.